The Morgan fingerprint density at radius 2 is 1.42 bits per heavy atom. The number of hydrogen-bond donors (Lipinski definition) is 9. The van der Waals surface area contributed by atoms with Crippen molar-refractivity contribution in [2.24, 2.45) is 5.73 Å². The van der Waals surface area contributed by atoms with E-state index in [2.05, 4.69) is 42.5 Å². The second-order valence-electron chi connectivity index (χ2n) is 11.1. The molecular weight excluding hydrogens is 630 g/mol. The van der Waals surface area contributed by atoms with E-state index in [0.29, 0.717) is 5.56 Å². The molecule has 0 aromatic heterocycles. The number of amides is 9. The van der Waals surface area contributed by atoms with Crippen molar-refractivity contribution in [1.82, 2.24) is 42.5 Å². The SMILES string of the molecule is CC(=O)NCC(=O)NC1CCC(=O)NCCCC(C(N)=O)NC(=O)CNC(=O)CNC(=O)C(Cc2ccc(C)cc2)NC(=O)CNC1=O. The Morgan fingerprint density at radius 1 is 0.792 bits per heavy atom. The highest BCUT2D eigenvalue weighted by molar-refractivity contribution is 5.95. The number of nitrogens with two attached hydrogens (primary N) is 1. The summed E-state index contributed by atoms with van der Waals surface area (Å²) in [6, 6.07) is 3.61. The van der Waals surface area contributed by atoms with Crippen LogP contribution in [0.2, 0.25) is 0 Å². The third-order valence-corrected chi connectivity index (χ3v) is 6.98. The molecule has 18 nitrogen and oxygen atoms in total. The standard InChI is InChI=1S/C30H43N9O9/c1-17-5-7-19(8-6-17)12-22-30(48)35-13-24(42)34-15-26(44)37-20(28(31)46)4-3-11-32-23(41)10-9-21(29(47)36-16-27(45)39-22)38-25(43)14-33-18(2)40/h5-8,20-22H,3-4,9-16H2,1-2H3,(H2,31,46)(H,32,41)(H,33,40)(H,34,42)(H,35,48)(H,36,47)(H,37,44)(H,38,43)(H,39,45). The summed E-state index contributed by atoms with van der Waals surface area (Å²) in [6.07, 6.45) is -0.0712. The van der Waals surface area contributed by atoms with Crippen LogP contribution in [-0.2, 0) is 49.6 Å². The molecule has 1 heterocycles. The first kappa shape index (κ1) is 38.6. The molecule has 1 aliphatic heterocycles. The lowest BCUT2D eigenvalue weighted by atomic mass is 10.0. The molecule has 0 spiro atoms. The number of aryl methyl sites for hydroxylation is 1. The second-order valence-corrected chi connectivity index (χ2v) is 11.1. The van der Waals surface area contributed by atoms with E-state index in [1.54, 1.807) is 12.1 Å². The number of benzene rings is 1. The molecule has 1 saturated heterocycles. The van der Waals surface area contributed by atoms with Crippen LogP contribution in [0.5, 0.6) is 0 Å². The van der Waals surface area contributed by atoms with Gasteiger partial charge in [0, 0.05) is 26.3 Å². The Kier molecular flexibility index (Phi) is 16.0. The van der Waals surface area contributed by atoms with Gasteiger partial charge in [-0.2, -0.15) is 0 Å². The van der Waals surface area contributed by atoms with Crippen LogP contribution < -0.4 is 48.3 Å². The number of hydrogen-bond acceptors (Lipinski definition) is 9. The lowest BCUT2D eigenvalue weighted by Crippen LogP contribution is -2.54. The molecular formula is C30H43N9O9. The molecule has 1 aromatic rings. The average molecular weight is 674 g/mol. The van der Waals surface area contributed by atoms with Crippen molar-refractivity contribution in [3.63, 3.8) is 0 Å². The van der Waals surface area contributed by atoms with Gasteiger partial charge in [-0.15, -0.1) is 0 Å². The van der Waals surface area contributed by atoms with Crippen LogP contribution in [0, 0.1) is 6.92 Å². The predicted molar refractivity (Wildman–Crippen MR) is 169 cm³/mol. The van der Waals surface area contributed by atoms with Gasteiger partial charge in [0.2, 0.25) is 53.2 Å². The zero-order valence-corrected chi connectivity index (χ0v) is 26.9. The maximum Gasteiger partial charge on any atom is 0.243 e. The van der Waals surface area contributed by atoms with Gasteiger partial charge in [-0.1, -0.05) is 29.8 Å². The number of primary amides is 1. The van der Waals surface area contributed by atoms with Crippen LogP contribution in [0.25, 0.3) is 0 Å². The highest BCUT2D eigenvalue weighted by Crippen LogP contribution is 2.07. The molecule has 1 aromatic carbocycles. The molecule has 3 unspecified atom stereocenters. The van der Waals surface area contributed by atoms with E-state index in [4.69, 9.17) is 5.73 Å². The largest absolute Gasteiger partial charge is 0.368 e. The minimum atomic E-state index is -1.27. The molecule has 262 valence electrons. The van der Waals surface area contributed by atoms with E-state index in [9.17, 15) is 43.2 Å². The number of rotatable bonds is 6. The van der Waals surface area contributed by atoms with Gasteiger partial charge in [-0.05, 0) is 31.7 Å². The van der Waals surface area contributed by atoms with Crippen LogP contribution in [0.15, 0.2) is 24.3 Å². The number of nitrogens with one attached hydrogen (secondary N) is 8. The van der Waals surface area contributed by atoms with Gasteiger partial charge in [0.05, 0.1) is 26.2 Å². The summed E-state index contributed by atoms with van der Waals surface area (Å²) >= 11 is 0. The summed E-state index contributed by atoms with van der Waals surface area (Å²) in [5, 5.41) is 19.4. The van der Waals surface area contributed by atoms with Crippen molar-refractivity contribution in [1.29, 1.82) is 0 Å². The third-order valence-electron chi connectivity index (χ3n) is 6.98. The average Bonchev–Trinajstić information content (AvgIpc) is 3.03. The monoisotopic (exact) mass is 673 g/mol. The van der Waals surface area contributed by atoms with Crippen molar-refractivity contribution >= 4 is 53.2 Å². The maximum absolute atomic E-state index is 13.1. The van der Waals surface area contributed by atoms with Gasteiger partial charge < -0.3 is 48.3 Å². The molecule has 9 amide bonds. The van der Waals surface area contributed by atoms with E-state index in [1.807, 2.05) is 19.1 Å². The fourth-order valence-electron chi connectivity index (χ4n) is 4.38. The van der Waals surface area contributed by atoms with Gasteiger partial charge in [-0.25, -0.2) is 0 Å². The van der Waals surface area contributed by atoms with Crippen LogP contribution in [-0.4, -0.2) is 104 Å². The van der Waals surface area contributed by atoms with E-state index in [1.165, 1.54) is 6.92 Å². The van der Waals surface area contributed by atoms with Crippen LogP contribution in [0.1, 0.15) is 43.7 Å². The van der Waals surface area contributed by atoms with Crippen LogP contribution in [0.4, 0.5) is 0 Å². The predicted octanol–water partition coefficient (Wildman–Crippen LogP) is -4.35. The summed E-state index contributed by atoms with van der Waals surface area (Å²) in [4.78, 5) is 112. The van der Waals surface area contributed by atoms with E-state index in [0.717, 1.165) is 5.56 Å². The fourth-order valence-corrected chi connectivity index (χ4v) is 4.38. The minimum Gasteiger partial charge on any atom is -0.368 e. The molecule has 3 atom stereocenters. The normalized spacial score (nSPS) is 21.2. The van der Waals surface area contributed by atoms with Crippen molar-refractivity contribution in [3.8, 4) is 0 Å². The fraction of sp³-hybridized carbons (Fsp3) is 0.500. The second kappa shape index (κ2) is 19.9. The molecule has 0 bridgehead atoms. The summed E-state index contributed by atoms with van der Waals surface area (Å²) in [5.74, 6) is -6.25. The molecule has 0 saturated carbocycles. The molecule has 0 radical (unpaired) electrons. The summed E-state index contributed by atoms with van der Waals surface area (Å²) in [6.45, 7) is 1.08. The highest BCUT2D eigenvalue weighted by atomic mass is 16.2. The Bertz CT molecular complexity index is 1370. The van der Waals surface area contributed by atoms with Crippen LogP contribution >= 0.6 is 0 Å². The molecule has 1 fully saturated rings. The van der Waals surface area contributed by atoms with E-state index < -0.39 is 97.5 Å². The zero-order chi connectivity index (χ0) is 35.6. The van der Waals surface area contributed by atoms with E-state index >= 15 is 0 Å². The maximum atomic E-state index is 13.1. The Hall–Kier alpha value is -5.55. The first-order valence-electron chi connectivity index (χ1n) is 15.3. The summed E-state index contributed by atoms with van der Waals surface area (Å²) in [5.41, 5.74) is 7.03. The zero-order valence-electron chi connectivity index (χ0n) is 26.9. The van der Waals surface area contributed by atoms with Crippen molar-refractivity contribution in [3.05, 3.63) is 35.4 Å². The third kappa shape index (κ3) is 15.2. The Labute approximate surface area is 276 Å². The Balaban J connectivity index is 2.24. The topological polar surface area (TPSA) is 276 Å². The van der Waals surface area contributed by atoms with Crippen molar-refractivity contribution in [2.45, 2.75) is 64.1 Å². The van der Waals surface area contributed by atoms with Gasteiger partial charge in [0.15, 0.2) is 0 Å². The highest BCUT2D eigenvalue weighted by Gasteiger charge is 2.26. The van der Waals surface area contributed by atoms with Crippen LogP contribution in [0.3, 0.4) is 0 Å². The molecule has 0 aliphatic carbocycles. The first-order chi connectivity index (χ1) is 22.7. The van der Waals surface area contributed by atoms with Gasteiger partial charge in [0.1, 0.15) is 18.1 Å². The molecule has 10 N–H and O–H groups in total. The lowest BCUT2D eigenvalue weighted by molar-refractivity contribution is -0.132. The lowest BCUT2D eigenvalue weighted by Gasteiger charge is -2.21. The van der Waals surface area contributed by atoms with Gasteiger partial charge >= 0.3 is 0 Å². The smallest absolute Gasteiger partial charge is 0.243 e. The first-order valence-corrected chi connectivity index (χ1v) is 15.3. The Morgan fingerprint density at radius 3 is 2.08 bits per heavy atom. The molecule has 18 heteroatoms. The van der Waals surface area contributed by atoms with Crippen molar-refractivity contribution in [2.75, 3.05) is 32.7 Å². The number of carbonyl (C=O) groups excluding carboxylic acids is 9. The molecule has 48 heavy (non-hydrogen) atoms. The van der Waals surface area contributed by atoms with Crippen molar-refractivity contribution < 1.29 is 43.2 Å². The van der Waals surface area contributed by atoms with Gasteiger partial charge in [0.25, 0.3) is 0 Å². The number of carbonyl (C=O) groups is 9. The summed E-state index contributed by atoms with van der Waals surface area (Å²) in [7, 11) is 0. The molecule has 2 rings (SSSR count). The minimum absolute atomic E-state index is 0.0290. The molecule has 1 aliphatic rings. The summed E-state index contributed by atoms with van der Waals surface area (Å²) < 4.78 is 0. The quantitative estimate of drug-likeness (QED) is 0.141. The van der Waals surface area contributed by atoms with Gasteiger partial charge in [-0.3, -0.25) is 43.2 Å². The van der Waals surface area contributed by atoms with E-state index in [-0.39, 0.29) is 38.6 Å².